The highest BCUT2D eigenvalue weighted by atomic mass is 16.6. The normalized spacial score (nSPS) is 14.0. The second kappa shape index (κ2) is 16.3. The van der Waals surface area contributed by atoms with E-state index >= 15 is 0 Å². The van der Waals surface area contributed by atoms with Gasteiger partial charge in [-0.3, -0.25) is 0 Å². The number of unbranched alkanes of at least 4 members (excludes halogenated alkanes) is 1. The lowest BCUT2D eigenvalue weighted by Crippen LogP contribution is -2.16. The van der Waals surface area contributed by atoms with Crippen molar-refractivity contribution in [2.75, 3.05) is 13.2 Å². The number of benzene rings is 3. The Hall–Kier alpha value is -4.40. The van der Waals surface area contributed by atoms with Crippen LogP contribution in [0.25, 0.3) is 27.6 Å². The fraction of sp³-hybridized carbons (Fsp3) is 0.314. The van der Waals surface area contributed by atoms with Crippen LogP contribution in [-0.4, -0.2) is 53.7 Å². The molecule has 3 aromatic rings. The van der Waals surface area contributed by atoms with Crippen LogP contribution in [-0.2, 0) is 23.9 Å². The van der Waals surface area contributed by atoms with Gasteiger partial charge in [0.05, 0.1) is 12.7 Å². The first kappa shape index (κ1) is 33.1. The van der Waals surface area contributed by atoms with Gasteiger partial charge in [-0.1, -0.05) is 69.0 Å². The summed E-state index contributed by atoms with van der Waals surface area (Å²) in [6.45, 7) is 9.91. The number of hydrogen-bond donors (Lipinski definition) is 3. The molecule has 1 aliphatic heterocycles. The molecule has 8 heteroatoms. The number of carbonyl (C=O) groups is 3. The zero-order chi connectivity index (χ0) is 31.4. The van der Waals surface area contributed by atoms with E-state index in [0.717, 1.165) is 39.1 Å². The summed E-state index contributed by atoms with van der Waals surface area (Å²) in [5, 5.41) is 28.6. The summed E-state index contributed by atoms with van der Waals surface area (Å²) in [6.07, 6.45) is 7.48. The van der Waals surface area contributed by atoms with Crippen LogP contribution < -0.4 is 0 Å². The number of ether oxygens (including phenoxy) is 2. The SMILES string of the molecule is C=C(CCC1CO1)C(=O)OC(=O)C(=Cc1cccc2cc3ccccc3c(C=N)c12)CCC.C=C(CCCCO)C(=O)O. The number of aliphatic hydroxyl groups is 1. The molecule has 226 valence electrons. The smallest absolute Gasteiger partial charge is 0.341 e. The van der Waals surface area contributed by atoms with Crippen LogP contribution in [0.15, 0.2) is 78.4 Å². The third-order valence-electron chi connectivity index (χ3n) is 7.05. The van der Waals surface area contributed by atoms with E-state index in [4.69, 9.17) is 25.1 Å². The first-order chi connectivity index (χ1) is 20.7. The largest absolute Gasteiger partial charge is 0.478 e. The van der Waals surface area contributed by atoms with Gasteiger partial charge < -0.3 is 25.1 Å². The predicted molar refractivity (Wildman–Crippen MR) is 169 cm³/mol. The van der Waals surface area contributed by atoms with Crippen molar-refractivity contribution in [2.24, 2.45) is 0 Å². The Morgan fingerprint density at radius 3 is 2.37 bits per heavy atom. The molecular weight excluding hydrogens is 546 g/mol. The summed E-state index contributed by atoms with van der Waals surface area (Å²) >= 11 is 0. The van der Waals surface area contributed by atoms with Gasteiger partial charge in [0, 0.05) is 35.1 Å². The highest BCUT2D eigenvalue weighted by Crippen LogP contribution is 2.31. The highest BCUT2D eigenvalue weighted by molar-refractivity contribution is 6.15. The molecule has 1 aliphatic rings. The maximum absolute atomic E-state index is 12.9. The number of carboxylic acid groups (broad SMARTS) is 1. The number of carbonyl (C=O) groups excluding carboxylic acids is 2. The first-order valence-electron chi connectivity index (χ1n) is 14.4. The number of aliphatic hydroxyl groups excluding tert-OH is 1. The van der Waals surface area contributed by atoms with E-state index in [9.17, 15) is 14.4 Å². The van der Waals surface area contributed by atoms with Crippen molar-refractivity contribution in [1.82, 2.24) is 0 Å². The predicted octanol–water partition coefficient (Wildman–Crippen LogP) is 6.77. The Bertz CT molecular complexity index is 1550. The van der Waals surface area contributed by atoms with Crippen molar-refractivity contribution < 1.29 is 34.1 Å². The molecule has 1 unspecified atom stereocenters. The minimum Gasteiger partial charge on any atom is -0.478 e. The minimum absolute atomic E-state index is 0.118. The average molecular weight is 586 g/mol. The molecule has 0 aliphatic carbocycles. The number of esters is 2. The van der Waals surface area contributed by atoms with Gasteiger partial charge in [0.25, 0.3) is 0 Å². The van der Waals surface area contributed by atoms with Crippen LogP contribution in [0, 0.1) is 5.41 Å². The van der Waals surface area contributed by atoms with Crippen molar-refractivity contribution in [1.29, 1.82) is 5.41 Å². The molecule has 0 saturated carbocycles. The van der Waals surface area contributed by atoms with Gasteiger partial charge in [0.15, 0.2) is 0 Å². The van der Waals surface area contributed by atoms with E-state index < -0.39 is 17.9 Å². The Balaban J connectivity index is 0.000000436. The number of hydrogen-bond acceptors (Lipinski definition) is 7. The van der Waals surface area contributed by atoms with E-state index in [2.05, 4.69) is 19.2 Å². The maximum Gasteiger partial charge on any atom is 0.341 e. The van der Waals surface area contributed by atoms with Crippen LogP contribution in [0.1, 0.15) is 63.0 Å². The number of rotatable bonds is 14. The summed E-state index contributed by atoms with van der Waals surface area (Å²) in [5.74, 6) is -2.29. The summed E-state index contributed by atoms with van der Waals surface area (Å²) < 4.78 is 10.3. The Kier molecular flexibility index (Phi) is 12.5. The van der Waals surface area contributed by atoms with Crippen LogP contribution in [0.5, 0.6) is 0 Å². The molecule has 1 fully saturated rings. The van der Waals surface area contributed by atoms with Crippen molar-refractivity contribution >= 4 is 51.7 Å². The molecule has 8 nitrogen and oxygen atoms in total. The summed E-state index contributed by atoms with van der Waals surface area (Å²) in [4.78, 5) is 35.4. The molecule has 1 saturated heterocycles. The zero-order valence-corrected chi connectivity index (χ0v) is 24.6. The molecule has 1 atom stereocenters. The van der Waals surface area contributed by atoms with E-state index in [1.165, 1.54) is 6.21 Å². The maximum atomic E-state index is 12.9. The van der Waals surface area contributed by atoms with Gasteiger partial charge in [0.2, 0.25) is 0 Å². The molecule has 4 rings (SSSR count). The lowest BCUT2D eigenvalue weighted by Gasteiger charge is -2.12. The molecule has 3 N–H and O–H groups in total. The second-order valence-electron chi connectivity index (χ2n) is 10.4. The average Bonchev–Trinajstić information content (AvgIpc) is 3.83. The molecule has 3 aromatic carbocycles. The number of carboxylic acids is 1. The molecule has 0 amide bonds. The standard InChI is InChI=1S/C28H27NO4.C7H12O3/c1-3-7-22(28(31)33-27(30)18(2)12-13-23-17-32-23)15-21-10-6-9-20-14-19-8-4-5-11-24(19)25(16-29)26(20)21;1-6(7(9)10)4-2-3-5-8/h4-6,8-11,14-16,23,29H,2-3,7,12-13,17H2,1H3;8H,1-5H2,(H,9,10). The Morgan fingerprint density at radius 2 is 1.72 bits per heavy atom. The van der Waals surface area contributed by atoms with E-state index in [0.29, 0.717) is 50.7 Å². The van der Waals surface area contributed by atoms with Crippen LogP contribution in [0.4, 0.5) is 0 Å². The third-order valence-corrected chi connectivity index (χ3v) is 7.05. The summed E-state index contributed by atoms with van der Waals surface area (Å²) in [6, 6.07) is 15.9. The fourth-order valence-corrected chi connectivity index (χ4v) is 4.60. The number of epoxide rings is 1. The van der Waals surface area contributed by atoms with E-state index in [-0.39, 0.29) is 23.9 Å². The lowest BCUT2D eigenvalue weighted by molar-refractivity contribution is -0.154. The van der Waals surface area contributed by atoms with E-state index in [1.54, 1.807) is 6.08 Å². The van der Waals surface area contributed by atoms with Gasteiger partial charge in [-0.2, -0.15) is 0 Å². The van der Waals surface area contributed by atoms with Gasteiger partial charge >= 0.3 is 17.9 Å². The van der Waals surface area contributed by atoms with Crippen molar-refractivity contribution in [3.63, 3.8) is 0 Å². The molecule has 0 aromatic heterocycles. The second-order valence-corrected chi connectivity index (χ2v) is 10.4. The van der Waals surface area contributed by atoms with E-state index in [1.807, 2.05) is 49.4 Å². The fourth-order valence-electron chi connectivity index (χ4n) is 4.60. The van der Waals surface area contributed by atoms with Gasteiger partial charge in [-0.05, 0) is 77.8 Å². The van der Waals surface area contributed by atoms with Crippen LogP contribution in [0.2, 0.25) is 0 Å². The number of fused-ring (bicyclic) bond motifs is 2. The van der Waals surface area contributed by atoms with Gasteiger partial charge in [-0.15, -0.1) is 0 Å². The van der Waals surface area contributed by atoms with Crippen molar-refractivity contribution in [3.05, 3.63) is 89.5 Å². The zero-order valence-electron chi connectivity index (χ0n) is 24.6. The van der Waals surface area contributed by atoms with Gasteiger partial charge in [0.1, 0.15) is 0 Å². The number of nitrogens with one attached hydrogen (secondary N) is 1. The molecule has 0 spiro atoms. The molecular formula is C35H39NO7. The molecule has 0 radical (unpaired) electrons. The van der Waals surface area contributed by atoms with Crippen LogP contribution >= 0.6 is 0 Å². The Labute approximate surface area is 251 Å². The Morgan fingerprint density at radius 1 is 1.00 bits per heavy atom. The van der Waals surface area contributed by atoms with Crippen LogP contribution in [0.3, 0.4) is 0 Å². The first-order valence-corrected chi connectivity index (χ1v) is 14.4. The van der Waals surface area contributed by atoms with Gasteiger partial charge in [-0.25, -0.2) is 14.4 Å². The van der Waals surface area contributed by atoms with Crippen molar-refractivity contribution in [2.45, 2.75) is 58.0 Å². The summed E-state index contributed by atoms with van der Waals surface area (Å²) in [7, 11) is 0. The topological polar surface area (TPSA) is 137 Å². The molecule has 1 heterocycles. The molecule has 43 heavy (non-hydrogen) atoms. The minimum atomic E-state index is -0.946. The molecule has 0 bridgehead atoms. The van der Waals surface area contributed by atoms with Crippen molar-refractivity contribution in [3.8, 4) is 0 Å². The highest BCUT2D eigenvalue weighted by Gasteiger charge is 2.24. The quantitative estimate of drug-likeness (QED) is 0.0361. The number of aliphatic carboxylic acids is 1. The third kappa shape index (κ3) is 9.56. The monoisotopic (exact) mass is 585 g/mol. The summed E-state index contributed by atoms with van der Waals surface area (Å²) in [5.41, 5.74) is 2.52. The lowest BCUT2D eigenvalue weighted by atomic mass is 9.93.